The van der Waals surface area contributed by atoms with Crippen molar-refractivity contribution in [3.63, 3.8) is 0 Å². The fourth-order valence-corrected chi connectivity index (χ4v) is 1.52. The second-order valence-corrected chi connectivity index (χ2v) is 3.69. The fraction of sp³-hybridized carbons (Fsp3) is 0.909. The first-order valence-corrected chi connectivity index (χ1v) is 5.61. The van der Waals surface area contributed by atoms with Gasteiger partial charge in [-0.3, -0.25) is 4.79 Å². The maximum Gasteiger partial charge on any atom is 0.222 e. The monoisotopic (exact) mass is 200 g/mol. The molecule has 0 aromatic carbocycles. The normalized spacial score (nSPS) is 16.9. The van der Waals surface area contributed by atoms with Crippen LogP contribution >= 0.6 is 0 Å². The van der Waals surface area contributed by atoms with Crippen LogP contribution in [0.3, 0.4) is 0 Å². The van der Waals surface area contributed by atoms with Gasteiger partial charge in [0.15, 0.2) is 0 Å². The van der Waals surface area contributed by atoms with Gasteiger partial charge < -0.3 is 10.2 Å². The first-order chi connectivity index (χ1) is 6.70. The Morgan fingerprint density at radius 1 is 1.29 bits per heavy atom. The number of nitrogens with one attached hydrogen (secondary N) is 1. The molecule has 0 spiro atoms. The van der Waals surface area contributed by atoms with Crippen LogP contribution in [-0.4, -0.2) is 38.0 Å². The molecular weight excluding hydrogens is 176 g/mol. The minimum Gasteiger partial charge on any atom is -0.349 e. The summed E-state index contributed by atoms with van der Waals surface area (Å²) < 4.78 is 0. The summed E-state index contributed by atoms with van der Waals surface area (Å²) in [6.45, 7) is 6.15. The molecule has 3 heteroatoms. The third kappa shape index (κ3) is 5.22. The lowest BCUT2D eigenvalue weighted by molar-refractivity contribution is -0.129. The molecule has 1 amide bonds. The van der Waals surface area contributed by atoms with Gasteiger partial charge in [0.2, 0.25) is 5.91 Å². The lowest BCUT2D eigenvalue weighted by atomic mass is 9.94. The second-order valence-electron chi connectivity index (χ2n) is 3.69. The molecule has 0 aliphatic carbocycles. The molecule has 0 saturated carbocycles. The van der Waals surface area contributed by atoms with E-state index in [1.807, 2.05) is 27.9 Å². The highest BCUT2D eigenvalue weighted by molar-refractivity contribution is 5.75. The zero-order valence-electron chi connectivity index (χ0n) is 9.97. The molecule has 1 N–H and O–H groups in total. The van der Waals surface area contributed by atoms with Gasteiger partial charge in [-0.1, -0.05) is 13.8 Å². The van der Waals surface area contributed by atoms with Crippen LogP contribution < -0.4 is 5.32 Å². The number of nitrogens with zero attached hydrogens (tertiary/aromatic N) is 1. The highest BCUT2D eigenvalue weighted by atomic mass is 16.2. The van der Waals surface area contributed by atoms with Crippen molar-refractivity contribution < 1.29 is 4.79 Å². The molecule has 1 aliphatic rings. The van der Waals surface area contributed by atoms with Crippen LogP contribution in [0.1, 0.15) is 33.1 Å². The highest BCUT2D eigenvalue weighted by Gasteiger charge is 2.17. The Hall–Kier alpha value is -0.570. The molecular formula is C11H24N2O. The average molecular weight is 200 g/mol. The molecule has 0 radical (unpaired) electrons. The predicted octanol–water partition coefficient (Wildman–Crippen LogP) is 1.49. The number of carbonyl (C=O) groups excluding carboxylic acids is 1. The third-order valence-electron chi connectivity index (χ3n) is 2.42. The Morgan fingerprint density at radius 2 is 1.79 bits per heavy atom. The summed E-state index contributed by atoms with van der Waals surface area (Å²) in [6.07, 6.45) is 3.04. The van der Waals surface area contributed by atoms with Gasteiger partial charge >= 0.3 is 0 Å². The number of amides is 1. The van der Waals surface area contributed by atoms with Crippen LogP contribution in [0.25, 0.3) is 0 Å². The number of hydrogen-bond acceptors (Lipinski definition) is 2. The van der Waals surface area contributed by atoms with E-state index in [0.29, 0.717) is 5.92 Å². The van der Waals surface area contributed by atoms with Crippen molar-refractivity contribution in [3.05, 3.63) is 0 Å². The number of hydrogen-bond donors (Lipinski definition) is 1. The standard InChI is InChI=1S/C9H18N2O.C2H6/c1-11(2)9(12)7-8-3-5-10-6-4-8;1-2/h8,10H,3-7H2,1-2H3;1-2H3. The largest absolute Gasteiger partial charge is 0.349 e. The summed E-state index contributed by atoms with van der Waals surface area (Å²) in [4.78, 5) is 13.0. The Balaban J connectivity index is 0.000000791. The van der Waals surface area contributed by atoms with Crippen LogP contribution in [0.2, 0.25) is 0 Å². The molecule has 0 aromatic rings. The smallest absolute Gasteiger partial charge is 0.222 e. The third-order valence-corrected chi connectivity index (χ3v) is 2.42. The van der Waals surface area contributed by atoms with Crippen molar-refractivity contribution in [1.82, 2.24) is 10.2 Å². The van der Waals surface area contributed by atoms with Crippen LogP contribution in [0.15, 0.2) is 0 Å². The average Bonchev–Trinajstić information content (AvgIpc) is 2.22. The molecule has 0 unspecified atom stereocenters. The number of rotatable bonds is 2. The minimum absolute atomic E-state index is 0.266. The van der Waals surface area contributed by atoms with Crippen molar-refractivity contribution >= 4 is 5.91 Å². The van der Waals surface area contributed by atoms with E-state index in [4.69, 9.17) is 0 Å². The van der Waals surface area contributed by atoms with Crippen molar-refractivity contribution in [2.75, 3.05) is 27.2 Å². The molecule has 1 saturated heterocycles. The molecule has 3 nitrogen and oxygen atoms in total. The maximum atomic E-state index is 11.3. The van der Waals surface area contributed by atoms with Crippen molar-refractivity contribution in [1.29, 1.82) is 0 Å². The van der Waals surface area contributed by atoms with Gasteiger partial charge in [0.05, 0.1) is 0 Å². The van der Waals surface area contributed by atoms with Gasteiger partial charge in [0.25, 0.3) is 0 Å². The van der Waals surface area contributed by atoms with E-state index in [-0.39, 0.29) is 5.91 Å². The zero-order valence-corrected chi connectivity index (χ0v) is 9.97. The molecule has 84 valence electrons. The fourth-order valence-electron chi connectivity index (χ4n) is 1.52. The molecule has 0 aromatic heterocycles. The lowest BCUT2D eigenvalue weighted by Crippen LogP contribution is -2.31. The van der Waals surface area contributed by atoms with E-state index in [0.717, 1.165) is 32.4 Å². The Kier molecular flexibility index (Phi) is 7.48. The van der Waals surface area contributed by atoms with Crippen molar-refractivity contribution in [2.45, 2.75) is 33.1 Å². The van der Waals surface area contributed by atoms with E-state index in [9.17, 15) is 4.79 Å². The topological polar surface area (TPSA) is 32.3 Å². The molecule has 1 fully saturated rings. The van der Waals surface area contributed by atoms with E-state index in [1.165, 1.54) is 0 Å². The van der Waals surface area contributed by atoms with Crippen molar-refractivity contribution in [3.8, 4) is 0 Å². The molecule has 1 heterocycles. The lowest BCUT2D eigenvalue weighted by Gasteiger charge is -2.23. The first-order valence-electron chi connectivity index (χ1n) is 5.61. The van der Waals surface area contributed by atoms with Crippen LogP contribution in [0, 0.1) is 5.92 Å². The van der Waals surface area contributed by atoms with E-state index in [1.54, 1.807) is 4.90 Å². The molecule has 0 bridgehead atoms. The predicted molar refractivity (Wildman–Crippen MR) is 60.3 cm³/mol. The summed E-state index contributed by atoms with van der Waals surface area (Å²) in [5.41, 5.74) is 0. The van der Waals surface area contributed by atoms with Gasteiger partial charge in [0.1, 0.15) is 0 Å². The molecule has 14 heavy (non-hydrogen) atoms. The quantitative estimate of drug-likeness (QED) is 0.732. The highest BCUT2D eigenvalue weighted by Crippen LogP contribution is 2.16. The van der Waals surface area contributed by atoms with Gasteiger partial charge in [-0.25, -0.2) is 0 Å². The Bertz CT molecular complexity index is 151. The van der Waals surface area contributed by atoms with E-state index < -0.39 is 0 Å². The van der Waals surface area contributed by atoms with Gasteiger partial charge in [-0.2, -0.15) is 0 Å². The van der Waals surface area contributed by atoms with E-state index >= 15 is 0 Å². The van der Waals surface area contributed by atoms with Crippen LogP contribution in [0.5, 0.6) is 0 Å². The summed E-state index contributed by atoms with van der Waals surface area (Å²) in [5, 5.41) is 3.29. The van der Waals surface area contributed by atoms with E-state index in [2.05, 4.69) is 5.32 Å². The van der Waals surface area contributed by atoms with Crippen LogP contribution in [-0.2, 0) is 4.79 Å². The second kappa shape index (κ2) is 7.80. The molecule has 1 aliphatic heterocycles. The van der Waals surface area contributed by atoms with Gasteiger partial charge in [-0.15, -0.1) is 0 Å². The summed E-state index contributed by atoms with van der Waals surface area (Å²) in [7, 11) is 3.65. The number of piperidine rings is 1. The number of carbonyl (C=O) groups is 1. The SMILES string of the molecule is CC.CN(C)C(=O)CC1CCNCC1. The van der Waals surface area contributed by atoms with Gasteiger partial charge in [0, 0.05) is 20.5 Å². The Morgan fingerprint density at radius 3 is 2.21 bits per heavy atom. The summed E-state index contributed by atoms with van der Waals surface area (Å²) in [6, 6.07) is 0. The zero-order chi connectivity index (χ0) is 11.0. The molecule has 1 rings (SSSR count). The Labute approximate surface area is 87.9 Å². The minimum atomic E-state index is 0.266. The van der Waals surface area contributed by atoms with Crippen molar-refractivity contribution in [2.24, 2.45) is 5.92 Å². The van der Waals surface area contributed by atoms with Crippen LogP contribution in [0.4, 0.5) is 0 Å². The van der Waals surface area contributed by atoms with Gasteiger partial charge in [-0.05, 0) is 31.8 Å². The summed E-state index contributed by atoms with van der Waals surface area (Å²) in [5.74, 6) is 0.878. The summed E-state index contributed by atoms with van der Waals surface area (Å²) >= 11 is 0. The maximum absolute atomic E-state index is 11.3. The first kappa shape index (κ1) is 13.4. The molecule has 0 atom stereocenters.